The molecule has 1 amide bonds. The Bertz CT molecular complexity index is 622. The van der Waals surface area contributed by atoms with E-state index in [1.807, 2.05) is 53.4 Å². The number of anilines is 2. The fourth-order valence-corrected chi connectivity index (χ4v) is 2.65. The molecule has 0 spiro atoms. The number of rotatable bonds is 1. The molecule has 1 heterocycles. The molecule has 3 rings (SSSR count). The smallest absolute Gasteiger partial charge is 0.258 e. The van der Waals surface area contributed by atoms with Gasteiger partial charge in [-0.3, -0.25) is 4.79 Å². The number of amides is 1. The van der Waals surface area contributed by atoms with Crippen molar-refractivity contribution in [2.24, 2.45) is 0 Å². The molecule has 2 aromatic carbocycles. The van der Waals surface area contributed by atoms with Gasteiger partial charge in [0.15, 0.2) is 0 Å². The third-order valence-corrected chi connectivity index (χ3v) is 3.56. The summed E-state index contributed by atoms with van der Waals surface area (Å²) in [7, 11) is 0. The van der Waals surface area contributed by atoms with E-state index in [0.29, 0.717) is 11.3 Å². The van der Waals surface area contributed by atoms with Crippen molar-refractivity contribution < 1.29 is 4.79 Å². The molecule has 3 heteroatoms. The van der Waals surface area contributed by atoms with Gasteiger partial charge in [-0.05, 0) is 43.2 Å². The Morgan fingerprint density at radius 3 is 2.68 bits per heavy atom. The highest BCUT2D eigenvalue weighted by molar-refractivity contribution is 6.08. The number of nitrogens with two attached hydrogens (primary N) is 1. The second-order valence-electron chi connectivity index (χ2n) is 4.98. The van der Waals surface area contributed by atoms with E-state index in [1.165, 1.54) is 5.56 Å². The molecular weight excluding hydrogens is 236 g/mol. The summed E-state index contributed by atoms with van der Waals surface area (Å²) in [5, 5.41) is 0. The van der Waals surface area contributed by atoms with Crippen molar-refractivity contribution >= 4 is 17.3 Å². The summed E-state index contributed by atoms with van der Waals surface area (Å²) < 4.78 is 0. The molecule has 0 bridgehead atoms. The summed E-state index contributed by atoms with van der Waals surface area (Å²) in [4.78, 5) is 14.5. The number of carbonyl (C=O) groups excluding carboxylic acids is 1. The lowest BCUT2D eigenvalue weighted by Crippen LogP contribution is -2.35. The molecule has 0 saturated carbocycles. The van der Waals surface area contributed by atoms with Gasteiger partial charge in [0.25, 0.3) is 5.91 Å². The van der Waals surface area contributed by atoms with Crippen LogP contribution in [0.5, 0.6) is 0 Å². The van der Waals surface area contributed by atoms with E-state index in [4.69, 9.17) is 5.73 Å². The van der Waals surface area contributed by atoms with E-state index >= 15 is 0 Å². The van der Waals surface area contributed by atoms with Crippen LogP contribution in [0.1, 0.15) is 22.8 Å². The monoisotopic (exact) mass is 252 g/mol. The van der Waals surface area contributed by atoms with Gasteiger partial charge in [-0.15, -0.1) is 0 Å². The minimum absolute atomic E-state index is 0.0393. The van der Waals surface area contributed by atoms with E-state index < -0.39 is 0 Å². The molecule has 0 unspecified atom stereocenters. The van der Waals surface area contributed by atoms with E-state index in [-0.39, 0.29) is 11.9 Å². The first-order valence-electron chi connectivity index (χ1n) is 6.44. The molecule has 0 saturated heterocycles. The van der Waals surface area contributed by atoms with Crippen LogP contribution in [-0.4, -0.2) is 11.9 Å². The number of hydrogen-bond donors (Lipinski definition) is 1. The molecular formula is C16H16N2O. The fraction of sp³-hybridized carbons (Fsp3) is 0.188. The molecule has 0 radical (unpaired) electrons. The molecule has 0 aromatic heterocycles. The maximum atomic E-state index is 12.6. The largest absolute Gasteiger partial charge is 0.399 e. The van der Waals surface area contributed by atoms with Crippen LogP contribution < -0.4 is 10.6 Å². The molecule has 3 nitrogen and oxygen atoms in total. The summed E-state index contributed by atoms with van der Waals surface area (Å²) >= 11 is 0. The third-order valence-electron chi connectivity index (χ3n) is 3.56. The number of nitrogen functional groups attached to an aromatic ring is 1. The Labute approximate surface area is 112 Å². The van der Waals surface area contributed by atoms with Crippen LogP contribution in [0.15, 0.2) is 48.5 Å². The Morgan fingerprint density at radius 2 is 1.95 bits per heavy atom. The van der Waals surface area contributed by atoms with E-state index in [2.05, 4.69) is 6.92 Å². The Hall–Kier alpha value is -2.29. The molecule has 2 aromatic rings. The normalized spacial score (nSPS) is 17.3. The van der Waals surface area contributed by atoms with E-state index in [1.54, 1.807) is 0 Å². The summed E-state index contributed by atoms with van der Waals surface area (Å²) in [6.07, 6.45) is 0.883. The maximum absolute atomic E-state index is 12.6. The summed E-state index contributed by atoms with van der Waals surface area (Å²) in [6.45, 7) is 2.07. The van der Waals surface area contributed by atoms with Crippen molar-refractivity contribution in [3.8, 4) is 0 Å². The van der Waals surface area contributed by atoms with Gasteiger partial charge in [0.2, 0.25) is 0 Å². The minimum atomic E-state index is 0.0393. The Morgan fingerprint density at radius 1 is 1.21 bits per heavy atom. The summed E-state index contributed by atoms with van der Waals surface area (Å²) in [6, 6.07) is 15.3. The van der Waals surface area contributed by atoms with E-state index in [0.717, 1.165) is 12.1 Å². The van der Waals surface area contributed by atoms with Gasteiger partial charge < -0.3 is 10.6 Å². The average Bonchev–Trinajstić information content (AvgIpc) is 2.74. The average molecular weight is 252 g/mol. The highest BCUT2D eigenvalue weighted by atomic mass is 16.2. The van der Waals surface area contributed by atoms with Gasteiger partial charge in [0, 0.05) is 23.0 Å². The first kappa shape index (κ1) is 11.8. The molecule has 19 heavy (non-hydrogen) atoms. The molecule has 1 aliphatic heterocycles. The summed E-state index contributed by atoms with van der Waals surface area (Å²) in [5.41, 5.74) is 9.38. The van der Waals surface area contributed by atoms with Crippen molar-refractivity contribution in [1.82, 2.24) is 0 Å². The van der Waals surface area contributed by atoms with Gasteiger partial charge in [-0.2, -0.15) is 0 Å². The topological polar surface area (TPSA) is 46.3 Å². The lowest BCUT2D eigenvalue weighted by atomic mass is 10.1. The molecule has 1 aliphatic rings. The quantitative estimate of drug-likeness (QED) is 0.793. The van der Waals surface area contributed by atoms with Crippen molar-refractivity contribution in [2.75, 3.05) is 10.6 Å². The third kappa shape index (κ3) is 1.97. The number of carbonyl (C=O) groups is 1. The lowest BCUT2D eigenvalue weighted by molar-refractivity contribution is 0.0981. The van der Waals surface area contributed by atoms with Crippen LogP contribution >= 0.6 is 0 Å². The predicted molar refractivity (Wildman–Crippen MR) is 77.3 cm³/mol. The molecule has 0 fully saturated rings. The number of fused-ring (bicyclic) bond motifs is 1. The lowest BCUT2D eigenvalue weighted by Gasteiger charge is -2.23. The first-order chi connectivity index (χ1) is 9.16. The zero-order chi connectivity index (χ0) is 13.4. The zero-order valence-electron chi connectivity index (χ0n) is 10.8. The second kappa shape index (κ2) is 4.43. The molecule has 96 valence electrons. The van der Waals surface area contributed by atoms with Crippen molar-refractivity contribution in [3.63, 3.8) is 0 Å². The standard InChI is InChI=1S/C16H16N2O/c1-11-9-13-7-8-14(17)10-15(13)18(11)16(19)12-5-3-2-4-6-12/h2-8,10-11H,9,17H2,1H3/t11-/m0/s1. The molecule has 0 aliphatic carbocycles. The van der Waals surface area contributed by atoms with Crippen LogP contribution in [0.25, 0.3) is 0 Å². The predicted octanol–water partition coefficient (Wildman–Crippen LogP) is 2.86. The van der Waals surface area contributed by atoms with Crippen LogP contribution in [0.3, 0.4) is 0 Å². The van der Waals surface area contributed by atoms with Gasteiger partial charge >= 0.3 is 0 Å². The number of hydrogen-bond acceptors (Lipinski definition) is 2. The highest BCUT2D eigenvalue weighted by Crippen LogP contribution is 2.34. The minimum Gasteiger partial charge on any atom is -0.399 e. The van der Waals surface area contributed by atoms with Crippen LogP contribution in [0.2, 0.25) is 0 Å². The second-order valence-corrected chi connectivity index (χ2v) is 4.98. The SMILES string of the molecule is C[C@H]1Cc2ccc(N)cc2N1C(=O)c1ccccc1. The van der Waals surface area contributed by atoms with Crippen LogP contribution in [0, 0.1) is 0 Å². The van der Waals surface area contributed by atoms with Gasteiger partial charge in [0.05, 0.1) is 0 Å². The Kier molecular flexibility index (Phi) is 2.75. The van der Waals surface area contributed by atoms with Gasteiger partial charge in [0.1, 0.15) is 0 Å². The molecule has 1 atom stereocenters. The van der Waals surface area contributed by atoms with Gasteiger partial charge in [-0.25, -0.2) is 0 Å². The van der Waals surface area contributed by atoms with Crippen LogP contribution in [0.4, 0.5) is 11.4 Å². The highest BCUT2D eigenvalue weighted by Gasteiger charge is 2.31. The fourth-order valence-electron chi connectivity index (χ4n) is 2.65. The van der Waals surface area contributed by atoms with Crippen molar-refractivity contribution in [1.29, 1.82) is 0 Å². The van der Waals surface area contributed by atoms with Gasteiger partial charge in [-0.1, -0.05) is 24.3 Å². The van der Waals surface area contributed by atoms with Crippen LogP contribution in [-0.2, 0) is 6.42 Å². The van der Waals surface area contributed by atoms with Crippen molar-refractivity contribution in [2.45, 2.75) is 19.4 Å². The number of nitrogens with zero attached hydrogens (tertiary/aromatic N) is 1. The molecule has 2 N–H and O–H groups in total. The summed E-state index contributed by atoms with van der Waals surface area (Å²) in [5.74, 6) is 0.0393. The zero-order valence-corrected chi connectivity index (χ0v) is 10.8. The Balaban J connectivity index is 2.02. The number of benzene rings is 2. The first-order valence-corrected chi connectivity index (χ1v) is 6.44. The van der Waals surface area contributed by atoms with E-state index in [9.17, 15) is 4.79 Å². The van der Waals surface area contributed by atoms with Crippen molar-refractivity contribution in [3.05, 3.63) is 59.7 Å². The maximum Gasteiger partial charge on any atom is 0.258 e.